The number of hydrogen-bond acceptors (Lipinski definition) is 5. The molecule has 7 nitrogen and oxygen atoms in total. The molecule has 1 fully saturated rings. The molecule has 9 heteroatoms. The summed E-state index contributed by atoms with van der Waals surface area (Å²) in [7, 11) is 5.69. The highest BCUT2D eigenvalue weighted by Gasteiger charge is 2.30. The molecule has 0 bridgehead atoms. The lowest BCUT2D eigenvalue weighted by Crippen LogP contribution is -2.42. The standard InChI is InChI=1S/C21H22F2N6O/c1-27(2)15-6-4-14(5-7-15)20(30)28(3)16-8-13(9-16)10-17-11-18(19(22)23)26-21-24-12-25-29(17)21/h4-7,10-12,16,19H,8-9H2,1-3H3. The topological polar surface area (TPSA) is 66.6 Å². The molecule has 0 spiro atoms. The van der Waals surface area contributed by atoms with Crippen molar-refractivity contribution >= 4 is 23.4 Å². The molecule has 30 heavy (non-hydrogen) atoms. The van der Waals surface area contributed by atoms with Gasteiger partial charge in [0.25, 0.3) is 18.1 Å². The molecule has 2 heterocycles. The van der Waals surface area contributed by atoms with Gasteiger partial charge < -0.3 is 9.80 Å². The number of fused-ring (bicyclic) bond motifs is 1. The number of anilines is 1. The summed E-state index contributed by atoms with van der Waals surface area (Å²) >= 11 is 0. The van der Waals surface area contributed by atoms with E-state index < -0.39 is 6.43 Å². The summed E-state index contributed by atoms with van der Waals surface area (Å²) in [5, 5.41) is 4.06. The predicted molar refractivity (Wildman–Crippen MR) is 110 cm³/mol. The lowest BCUT2D eigenvalue weighted by Gasteiger charge is -2.37. The molecule has 1 saturated carbocycles. The van der Waals surface area contributed by atoms with E-state index in [-0.39, 0.29) is 23.4 Å². The largest absolute Gasteiger partial charge is 0.378 e. The lowest BCUT2D eigenvalue weighted by molar-refractivity contribution is 0.0699. The van der Waals surface area contributed by atoms with E-state index in [1.165, 1.54) is 16.9 Å². The van der Waals surface area contributed by atoms with Crippen LogP contribution in [0.2, 0.25) is 0 Å². The molecule has 156 valence electrons. The third-order valence-electron chi connectivity index (χ3n) is 5.37. The second-order valence-corrected chi connectivity index (χ2v) is 7.60. The van der Waals surface area contributed by atoms with Crippen LogP contribution in [0.1, 0.15) is 41.0 Å². The van der Waals surface area contributed by atoms with Crippen molar-refractivity contribution in [1.29, 1.82) is 0 Å². The van der Waals surface area contributed by atoms with Gasteiger partial charge in [-0.15, -0.1) is 0 Å². The van der Waals surface area contributed by atoms with Crippen LogP contribution in [0.5, 0.6) is 0 Å². The van der Waals surface area contributed by atoms with Gasteiger partial charge in [0.15, 0.2) is 0 Å². The first-order valence-corrected chi connectivity index (χ1v) is 9.56. The van der Waals surface area contributed by atoms with E-state index in [1.54, 1.807) is 11.9 Å². The van der Waals surface area contributed by atoms with E-state index in [1.807, 2.05) is 49.3 Å². The quantitative estimate of drug-likeness (QED) is 0.642. The fourth-order valence-electron chi connectivity index (χ4n) is 3.49. The molecule has 0 N–H and O–H groups in total. The van der Waals surface area contributed by atoms with Gasteiger partial charge in [0.05, 0.1) is 5.69 Å². The van der Waals surface area contributed by atoms with Gasteiger partial charge in [0, 0.05) is 38.4 Å². The van der Waals surface area contributed by atoms with E-state index in [4.69, 9.17) is 0 Å². The van der Waals surface area contributed by atoms with Gasteiger partial charge in [0.2, 0.25) is 0 Å². The molecule has 0 unspecified atom stereocenters. The van der Waals surface area contributed by atoms with Gasteiger partial charge in [0.1, 0.15) is 12.0 Å². The summed E-state index contributed by atoms with van der Waals surface area (Å²) in [6.07, 6.45) is 1.80. The molecule has 0 saturated heterocycles. The van der Waals surface area contributed by atoms with Crippen LogP contribution >= 0.6 is 0 Å². The fraction of sp³-hybridized carbons (Fsp3) is 0.333. The molecule has 4 rings (SSSR count). The second kappa shape index (κ2) is 7.81. The first-order valence-electron chi connectivity index (χ1n) is 9.56. The Hall–Kier alpha value is -3.36. The van der Waals surface area contributed by atoms with Crippen molar-refractivity contribution in [1.82, 2.24) is 24.5 Å². The summed E-state index contributed by atoms with van der Waals surface area (Å²) in [4.78, 5) is 24.2. The first-order chi connectivity index (χ1) is 14.3. The fourth-order valence-corrected chi connectivity index (χ4v) is 3.49. The molecule has 1 amide bonds. The van der Waals surface area contributed by atoms with Crippen molar-refractivity contribution in [3.63, 3.8) is 0 Å². The normalized spacial score (nSPS) is 15.9. The van der Waals surface area contributed by atoms with Gasteiger partial charge >= 0.3 is 0 Å². The SMILES string of the molecule is CN(C)c1ccc(C(=O)N(C)C2CC(=Cc3cc(C(F)F)nc4ncnn34)C2)cc1. The predicted octanol–water partition coefficient (Wildman–Crippen LogP) is 3.45. The molecule has 0 aliphatic heterocycles. The average Bonchev–Trinajstić information content (AvgIpc) is 3.18. The number of hydrogen-bond donors (Lipinski definition) is 0. The second-order valence-electron chi connectivity index (χ2n) is 7.60. The zero-order valence-corrected chi connectivity index (χ0v) is 17.0. The number of rotatable bonds is 5. The smallest absolute Gasteiger partial charge is 0.280 e. The number of halogens is 2. The van der Waals surface area contributed by atoms with Crippen molar-refractivity contribution in [3.05, 3.63) is 59.2 Å². The van der Waals surface area contributed by atoms with Crippen molar-refractivity contribution in [2.24, 2.45) is 0 Å². The molecule has 0 radical (unpaired) electrons. The van der Waals surface area contributed by atoms with Crippen LogP contribution in [0.3, 0.4) is 0 Å². The minimum absolute atomic E-state index is 0.0353. The van der Waals surface area contributed by atoms with E-state index in [9.17, 15) is 13.6 Å². The Balaban J connectivity index is 1.47. The van der Waals surface area contributed by atoms with Crippen LogP contribution in [0.25, 0.3) is 11.9 Å². The molecule has 1 aliphatic carbocycles. The van der Waals surface area contributed by atoms with E-state index in [0.717, 1.165) is 11.3 Å². The average molecular weight is 412 g/mol. The number of nitrogens with zero attached hydrogens (tertiary/aromatic N) is 6. The number of carbonyl (C=O) groups excluding carboxylic acids is 1. The number of benzene rings is 1. The van der Waals surface area contributed by atoms with E-state index in [0.29, 0.717) is 24.1 Å². The van der Waals surface area contributed by atoms with Gasteiger partial charge in [-0.05, 0) is 49.2 Å². The number of aromatic nitrogens is 4. The van der Waals surface area contributed by atoms with Crippen LogP contribution in [-0.2, 0) is 0 Å². The minimum Gasteiger partial charge on any atom is -0.378 e. The third-order valence-corrected chi connectivity index (χ3v) is 5.37. The Kier molecular flexibility index (Phi) is 5.19. The molecule has 3 aromatic rings. The van der Waals surface area contributed by atoms with Crippen LogP contribution in [0, 0.1) is 0 Å². The highest BCUT2D eigenvalue weighted by atomic mass is 19.3. The molecular weight excluding hydrogens is 390 g/mol. The highest BCUT2D eigenvalue weighted by molar-refractivity contribution is 5.94. The van der Waals surface area contributed by atoms with Crippen molar-refractivity contribution in [2.75, 3.05) is 26.0 Å². The molecule has 0 atom stereocenters. The molecule has 1 aliphatic rings. The first kappa shape index (κ1) is 19.9. The number of alkyl halides is 2. The highest BCUT2D eigenvalue weighted by Crippen LogP contribution is 2.33. The van der Waals surface area contributed by atoms with Gasteiger partial charge in [-0.2, -0.15) is 14.6 Å². The summed E-state index contributed by atoms with van der Waals surface area (Å²) in [6.45, 7) is 0. The zero-order valence-electron chi connectivity index (χ0n) is 17.0. The number of carbonyl (C=O) groups is 1. The summed E-state index contributed by atoms with van der Waals surface area (Å²) < 4.78 is 27.7. The number of amides is 1. The Morgan fingerprint density at radius 1 is 1.20 bits per heavy atom. The van der Waals surface area contributed by atoms with Crippen LogP contribution < -0.4 is 4.90 Å². The molecule has 2 aromatic heterocycles. The maximum atomic E-state index is 13.1. The monoisotopic (exact) mass is 412 g/mol. The van der Waals surface area contributed by atoms with Crippen LogP contribution in [0.4, 0.5) is 14.5 Å². The zero-order chi connectivity index (χ0) is 21.4. The summed E-state index contributed by atoms with van der Waals surface area (Å²) in [6, 6.07) is 8.89. The Morgan fingerprint density at radius 2 is 1.90 bits per heavy atom. The third kappa shape index (κ3) is 3.74. The van der Waals surface area contributed by atoms with Crippen LogP contribution in [-0.4, -0.2) is 57.6 Å². The summed E-state index contributed by atoms with van der Waals surface area (Å²) in [5.74, 6) is 0.107. The Bertz CT molecular complexity index is 1100. The lowest BCUT2D eigenvalue weighted by atomic mass is 9.84. The van der Waals surface area contributed by atoms with Crippen molar-refractivity contribution in [2.45, 2.75) is 25.3 Å². The molecule has 1 aromatic carbocycles. The molecular formula is C21H22F2N6O. The Morgan fingerprint density at radius 3 is 2.53 bits per heavy atom. The Labute approximate surface area is 172 Å². The van der Waals surface area contributed by atoms with E-state index >= 15 is 0 Å². The van der Waals surface area contributed by atoms with Crippen molar-refractivity contribution < 1.29 is 13.6 Å². The van der Waals surface area contributed by atoms with Gasteiger partial charge in [-0.25, -0.2) is 13.8 Å². The minimum atomic E-state index is -2.68. The van der Waals surface area contributed by atoms with Gasteiger partial charge in [-0.1, -0.05) is 5.57 Å². The van der Waals surface area contributed by atoms with E-state index in [2.05, 4.69) is 15.1 Å². The maximum absolute atomic E-state index is 13.1. The van der Waals surface area contributed by atoms with Gasteiger partial charge in [-0.3, -0.25) is 4.79 Å². The van der Waals surface area contributed by atoms with Crippen molar-refractivity contribution in [3.8, 4) is 0 Å². The van der Waals surface area contributed by atoms with Crippen LogP contribution in [0.15, 0.2) is 42.2 Å². The summed E-state index contributed by atoms with van der Waals surface area (Å²) in [5.41, 5.74) is 2.91. The maximum Gasteiger partial charge on any atom is 0.280 e.